The van der Waals surface area contributed by atoms with Gasteiger partial charge in [0.05, 0.1) is 17.4 Å². The Kier molecular flexibility index (Phi) is 5.25. The third kappa shape index (κ3) is 4.30. The summed E-state index contributed by atoms with van der Waals surface area (Å²) in [6.07, 6.45) is 0. The second kappa shape index (κ2) is 6.23. The van der Waals surface area contributed by atoms with Crippen LogP contribution in [0.3, 0.4) is 0 Å². The summed E-state index contributed by atoms with van der Waals surface area (Å²) in [5.74, 6) is 0.383. The molecule has 2 atom stereocenters. The number of hydrogen-bond donors (Lipinski definition) is 1. The Labute approximate surface area is 97.0 Å². The molecule has 0 saturated carbocycles. The molecule has 0 saturated heterocycles. The fraction of sp³-hybridized carbons (Fsp3) is 0.400. The molecule has 0 radical (unpaired) electrons. The Morgan fingerprint density at radius 2 is 2.33 bits per heavy atom. The summed E-state index contributed by atoms with van der Waals surface area (Å²) in [7, 11) is 0.457. The van der Waals surface area contributed by atoms with Crippen LogP contribution >= 0.6 is 11.6 Å². The van der Waals surface area contributed by atoms with Crippen molar-refractivity contribution in [1.29, 1.82) is 0 Å². The molecule has 0 amide bonds. The van der Waals surface area contributed by atoms with Gasteiger partial charge < -0.3 is 10.5 Å². The molecule has 0 aliphatic carbocycles. The monoisotopic (exact) mass is 247 g/mol. The molecule has 0 bridgehead atoms. The fourth-order valence-electron chi connectivity index (χ4n) is 1.16. The molecule has 2 unspecified atom stereocenters. The fourth-order valence-corrected chi connectivity index (χ4v) is 2.58. The van der Waals surface area contributed by atoms with Crippen LogP contribution in [0.2, 0.25) is 5.02 Å². The first kappa shape index (κ1) is 12.6. The van der Waals surface area contributed by atoms with Gasteiger partial charge >= 0.3 is 0 Å². The predicted molar refractivity (Wildman–Crippen MR) is 62.6 cm³/mol. The van der Waals surface area contributed by atoms with Crippen molar-refractivity contribution in [1.82, 2.24) is 0 Å². The third-order valence-corrected chi connectivity index (χ3v) is 3.55. The molecular weight excluding hydrogens is 234 g/mol. The predicted octanol–water partition coefficient (Wildman–Crippen LogP) is 1.42. The van der Waals surface area contributed by atoms with Gasteiger partial charge in [0.15, 0.2) is 0 Å². The van der Waals surface area contributed by atoms with Gasteiger partial charge in [-0.05, 0) is 18.2 Å². The SMILES string of the molecule is COCC(N)CS(=O)c1cccc(Cl)c1. The smallest absolute Gasteiger partial charge is 0.0622 e. The summed E-state index contributed by atoms with van der Waals surface area (Å²) in [4.78, 5) is 0.703. The van der Waals surface area contributed by atoms with Crippen molar-refractivity contribution >= 4 is 22.4 Å². The highest BCUT2D eigenvalue weighted by molar-refractivity contribution is 7.85. The van der Waals surface area contributed by atoms with Gasteiger partial charge in [-0.1, -0.05) is 17.7 Å². The first-order valence-electron chi connectivity index (χ1n) is 4.52. The summed E-state index contributed by atoms with van der Waals surface area (Å²) in [5.41, 5.74) is 5.71. The summed E-state index contributed by atoms with van der Waals surface area (Å²) >= 11 is 5.80. The van der Waals surface area contributed by atoms with Gasteiger partial charge in [0.1, 0.15) is 0 Å². The van der Waals surface area contributed by atoms with Crippen LogP contribution in [0.4, 0.5) is 0 Å². The van der Waals surface area contributed by atoms with Crippen LogP contribution in [0.5, 0.6) is 0 Å². The second-order valence-corrected chi connectivity index (χ2v) is 5.12. The minimum atomic E-state index is -1.11. The Morgan fingerprint density at radius 1 is 1.60 bits per heavy atom. The lowest BCUT2D eigenvalue weighted by atomic mass is 10.4. The molecule has 0 aliphatic heterocycles. The van der Waals surface area contributed by atoms with E-state index in [4.69, 9.17) is 22.1 Å². The standard InChI is InChI=1S/C10H14ClNO2S/c1-14-6-9(12)7-15(13)10-4-2-3-8(11)5-10/h2-5,9H,6-7,12H2,1H3. The van der Waals surface area contributed by atoms with Gasteiger partial charge in [0, 0.05) is 28.8 Å². The van der Waals surface area contributed by atoms with Crippen molar-refractivity contribution in [2.24, 2.45) is 5.73 Å². The molecule has 0 fully saturated rings. The van der Waals surface area contributed by atoms with Gasteiger partial charge in [0.2, 0.25) is 0 Å². The van der Waals surface area contributed by atoms with Gasteiger partial charge in [-0.15, -0.1) is 0 Å². The van der Waals surface area contributed by atoms with E-state index in [0.717, 1.165) is 0 Å². The van der Waals surface area contributed by atoms with Crippen LogP contribution in [0.25, 0.3) is 0 Å². The molecule has 84 valence electrons. The Hall–Kier alpha value is -0.420. The highest BCUT2D eigenvalue weighted by Gasteiger charge is 2.10. The minimum Gasteiger partial charge on any atom is -0.383 e. The summed E-state index contributed by atoms with van der Waals surface area (Å²) in [6.45, 7) is 0.409. The van der Waals surface area contributed by atoms with Gasteiger partial charge in [-0.2, -0.15) is 0 Å². The Bertz CT molecular complexity index is 346. The zero-order valence-corrected chi connectivity index (χ0v) is 10.1. The summed E-state index contributed by atoms with van der Waals surface area (Å²) in [6, 6.07) is 6.78. The quantitative estimate of drug-likeness (QED) is 0.856. The van der Waals surface area contributed by atoms with E-state index >= 15 is 0 Å². The van der Waals surface area contributed by atoms with E-state index in [1.54, 1.807) is 31.4 Å². The van der Waals surface area contributed by atoms with Crippen LogP contribution in [0.15, 0.2) is 29.2 Å². The maximum Gasteiger partial charge on any atom is 0.0622 e. The van der Waals surface area contributed by atoms with Crippen LogP contribution in [0, 0.1) is 0 Å². The number of nitrogens with two attached hydrogens (primary N) is 1. The van der Waals surface area contributed by atoms with E-state index < -0.39 is 10.8 Å². The normalized spacial score (nSPS) is 14.9. The van der Waals surface area contributed by atoms with Crippen molar-refractivity contribution < 1.29 is 8.95 Å². The molecule has 1 aromatic carbocycles. The Morgan fingerprint density at radius 3 is 2.93 bits per heavy atom. The van der Waals surface area contributed by atoms with Crippen molar-refractivity contribution in [3.8, 4) is 0 Å². The number of benzene rings is 1. The van der Waals surface area contributed by atoms with Crippen molar-refractivity contribution in [3.63, 3.8) is 0 Å². The van der Waals surface area contributed by atoms with Gasteiger partial charge in [0.25, 0.3) is 0 Å². The highest BCUT2D eigenvalue weighted by Crippen LogP contribution is 2.14. The lowest BCUT2D eigenvalue weighted by Crippen LogP contribution is -2.31. The maximum atomic E-state index is 11.8. The number of methoxy groups -OCH3 is 1. The first-order valence-corrected chi connectivity index (χ1v) is 6.21. The molecule has 2 N–H and O–H groups in total. The van der Waals surface area contributed by atoms with E-state index in [2.05, 4.69) is 0 Å². The van der Waals surface area contributed by atoms with Crippen LogP contribution in [0.1, 0.15) is 0 Å². The maximum absolute atomic E-state index is 11.8. The Balaban J connectivity index is 2.61. The summed E-state index contributed by atoms with van der Waals surface area (Å²) < 4.78 is 16.7. The molecule has 5 heteroatoms. The average molecular weight is 248 g/mol. The second-order valence-electron chi connectivity index (χ2n) is 3.18. The van der Waals surface area contributed by atoms with Crippen LogP contribution in [-0.2, 0) is 15.5 Å². The van der Waals surface area contributed by atoms with Crippen LogP contribution in [-0.4, -0.2) is 29.7 Å². The van der Waals surface area contributed by atoms with E-state index in [0.29, 0.717) is 22.3 Å². The topological polar surface area (TPSA) is 52.3 Å². The third-order valence-electron chi connectivity index (χ3n) is 1.81. The molecule has 15 heavy (non-hydrogen) atoms. The van der Waals surface area contributed by atoms with Gasteiger partial charge in [-0.25, -0.2) is 0 Å². The highest BCUT2D eigenvalue weighted by atomic mass is 35.5. The molecule has 0 aromatic heterocycles. The van der Waals surface area contributed by atoms with Crippen LogP contribution < -0.4 is 5.73 Å². The van der Waals surface area contributed by atoms with Crippen molar-refractivity contribution in [3.05, 3.63) is 29.3 Å². The molecule has 1 aromatic rings. The lowest BCUT2D eigenvalue weighted by molar-refractivity contribution is 0.186. The largest absolute Gasteiger partial charge is 0.383 e. The van der Waals surface area contributed by atoms with E-state index in [1.807, 2.05) is 0 Å². The van der Waals surface area contributed by atoms with E-state index in [-0.39, 0.29) is 6.04 Å². The lowest BCUT2D eigenvalue weighted by Gasteiger charge is -2.09. The number of rotatable bonds is 5. The molecule has 0 heterocycles. The van der Waals surface area contributed by atoms with Gasteiger partial charge in [-0.3, -0.25) is 4.21 Å². The van der Waals surface area contributed by atoms with Crippen molar-refractivity contribution in [2.75, 3.05) is 19.5 Å². The summed E-state index contributed by atoms with van der Waals surface area (Å²) in [5, 5.41) is 0.584. The molecule has 3 nitrogen and oxygen atoms in total. The zero-order chi connectivity index (χ0) is 11.3. The molecule has 0 spiro atoms. The molecular formula is C10H14ClNO2S. The number of ether oxygens (including phenoxy) is 1. The number of hydrogen-bond acceptors (Lipinski definition) is 3. The first-order chi connectivity index (χ1) is 7.13. The minimum absolute atomic E-state index is 0.213. The van der Waals surface area contributed by atoms with E-state index in [9.17, 15) is 4.21 Å². The average Bonchev–Trinajstić information content (AvgIpc) is 2.18. The number of halogens is 1. The molecule has 0 aliphatic rings. The zero-order valence-electron chi connectivity index (χ0n) is 8.48. The van der Waals surface area contributed by atoms with E-state index in [1.165, 1.54) is 0 Å². The van der Waals surface area contributed by atoms with Crippen molar-refractivity contribution in [2.45, 2.75) is 10.9 Å². The molecule has 1 rings (SSSR count).